The van der Waals surface area contributed by atoms with Crippen molar-refractivity contribution in [2.45, 2.75) is 13.8 Å². The molecule has 0 atom stereocenters. The molecule has 0 spiro atoms. The van der Waals surface area contributed by atoms with Crippen molar-refractivity contribution in [1.82, 2.24) is 0 Å². The van der Waals surface area contributed by atoms with E-state index in [1.807, 2.05) is 13.8 Å². The van der Waals surface area contributed by atoms with Gasteiger partial charge in [-0.1, -0.05) is 18.2 Å². The van der Waals surface area contributed by atoms with Crippen LogP contribution in [0.3, 0.4) is 0 Å². The van der Waals surface area contributed by atoms with Crippen LogP contribution >= 0.6 is 0 Å². The fourth-order valence-corrected chi connectivity index (χ4v) is 3.47. The summed E-state index contributed by atoms with van der Waals surface area (Å²) in [4.78, 5) is 16.4. The lowest BCUT2D eigenvalue weighted by Gasteiger charge is -2.17. The SMILES string of the molecule is [2H]c1cc(=NCC)cc2oc3cc(NCC)cc([2H])c3c(-c3ccccc3C(=O)O)c1-2. The number of rotatable bonds is 5. The van der Waals surface area contributed by atoms with E-state index in [1.165, 1.54) is 6.07 Å². The fraction of sp³-hybridized carbons (Fsp3) is 0.167. The first-order valence-electron chi connectivity index (χ1n) is 10.5. The van der Waals surface area contributed by atoms with Crippen LogP contribution in [0, 0.1) is 0 Å². The van der Waals surface area contributed by atoms with Crippen molar-refractivity contribution in [3.8, 4) is 22.5 Å². The molecule has 5 nitrogen and oxygen atoms in total. The minimum atomic E-state index is -1.07. The molecule has 29 heavy (non-hydrogen) atoms. The molecule has 0 aromatic heterocycles. The Labute approximate surface area is 171 Å². The van der Waals surface area contributed by atoms with E-state index in [1.54, 1.807) is 42.5 Å². The first kappa shape index (κ1) is 16.4. The first-order valence-corrected chi connectivity index (χ1v) is 9.53. The summed E-state index contributed by atoms with van der Waals surface area (Å²) >= 11 is 0. The van der Waals surface area contributed by atoms with Crippen LogP contribution in [0.4, 0.5) is 5.69 Å². The van der Waals surface area contributed by atoms with Crippen molar-refractivity contribution in [3.63, 3.8) is 0 Å². The van der Waals surface area contributed by atoms with E-state index in [0.29, 0.717) is 51.9 Å². The summed E-state index contributed by atoms with van der Waals surface area (Å²) < 4.78 is 23.5. The third-order valence-corrected chi connectivity index (χ3v) is 4.66. The first-order chi connectivity index (χ1) is 14.9. The number of benzene rings is 3. The topological polar surface area (TPSA) is 74.8 Å². The quantitative estimate of drug-likeness (QED) is 0.458. The van der Waals surface area contributed by atoms with Gasteiger partial charge in [-0.3, -0.25) is 4.99 Å². The largest absolute Gasteiger partial charge is 0.478 e. The zero-order valence-corrected chi connectivity index (χ0v) is 16.2. The Morgan fingerprint density at radius 1 is 1.14 bits per heavy atom. The lowest BCUT2D eigenvalue weighted by molar-refractivity contribution is 0.0697. The summed E-state index contributed by atoms with van der Waals surface area (Å²) in [6, 6.07) is 13.9. The number of carbonyl (C=O) groups is 1. The van der Waals surface area contributed by atoms with Gasteiger partial charge in [-0.2, -0.15) is 0 Å². The number of fused-ring (bicyclic) bond motifs is 2. The van der Waals surface area contributed by atoms with Crippen molar-refractivity contribution >= 4 is 22.6 Å². The minimum absolute atomic E-state index is 0.105. The highest BCUT2D eigenvalue weighted by atomic mass is 16.4. The van der Waals surface area contributed by atoms with Gasteiger partial charge in [0.2, 0.25) is 0 Å². The molecule has 5 heteroatoms. The average Bonchev–Trinajstić information content (AvgIpc) is 2.72. The molecule has 0 bridgehead atoms. The molecule has 2 N–H and O–H groups in total. The highest BCUT2D eigenvalue weighted by molar-refractivity contribution is 6.07. The van der Waals surface area contributed by atoms with Gasteiger partial charge in [0.15, 0.2) is 0 Å². The van der Waals surface area contributed by atoms with Gasteiger partial charge in [0, 0.05) is 47.4 Å². The number of hydrogen-bond acceptors (Lipinski definition) is 4. The normalized spacial score (nSPS) is 12.8. The molecule has 2 aliphatic rings. The molecule has 0 unspecified atom stereocenters. The maximum Gasteiger partial charge on any atom is 0.336 e. The van der Waals surface area contributed by atoms with Crippen molar-refractivity contribution < 1.29 is 17.1 Å². The summed E-state index contributed by atoms with van der Waals surface area (Å²) in [6.45, 7) is 5.12. The van der Waals surface area contributed by atoms with Gasteiger partial charge in [0.05, 0.1) is 13.7 Å². The maximum atomic E-state index is 12.0. The van der Waals surface area contributed by atoms with E-state index in [2.05, 4.69) is 10.3 Å². The van der Waals surface area contributed by atoms with E-state index in [-0.39, 0.29) is 17.6 Å². The summed E-state index contributed by atoms with van der Waals surface area (Å²) in [5, 5.41) is 14.1. The number of carboxylic acid groups (broad SMARTS) is 1. The zero-order chi connectivity index (χ0) is 22.1. The van der Waals surface area contributed by atoms with E-state index in [0.717, 1.165) is 5.69 Å². The van der Waals surface area contributed by atoms with Crippen molar-refractivity contribution in [1.29, 1.82) is 0 Å². The van der Waals surface area contributed by atoms with Crippen LogP contribution in [0.5, 0.6) is 0 Å². The lowest BCUT2D eigenvalue weighted by Crippen LogP contribution is -2.05. The van der Waals surface area contributed by atoms with Crippen LogP contribution < -0.4 is 10.7 Å². The number of carboxylic acids is 1. The van der Waals surface area contributed by atoms with Crippen LogP contribution in [-0.2, 0) is 0 Å². The Bertz CT molecular complexity index is 1340. The van der Waals surface area contributed by atoms with Gasteiger partial charge >= 0.3 is 5.97 Å². The molecule has 0 saturated carbocycles. The minimum Gasteiger partial charge on any atom is -0.478 e. The Morgan fingerprint density at radius 2 is 1.97 bits per heavy atom. The molecule has 1 aliphatic carbocycles. The molecule has 0 fully saturated rings. The highest BCUT2D eigenvalue weighted by Gasteiger charge is 2.21. The summed E-state index contributed by atoms with van der Waals surface area (Å²) in [7, 11) is 0. The van der Waals surface area contributed by atoms with Gasteiger partial charge in [-0.25, -0.2) is 4.79 Å². The van der Waals surface area contributed by atoms with Crippen molar-refractivity contribution in [2.24, 2.45) is 4.99 Å². The third-order valence-electron chi connectivity index (χ3n) is 4.66. The second-order valence-corrected chi connectivity index (χ2v) is 6.56. The second kappa shape index (κ2) is 7.80. The molecular weight excluding hydrogens is 364 g/mol. The molecule has 0 saturated heterocycles. The Balaban J connectivity index is 2.23. The third kappa shape index (κ3) is 3.47. The number of aromatic carboxylic acids is 1. The molecule has 1 heterocycles. The standard InChI is InChI=1S/C24H22N2O3/c1-3-25-15-9-11-19-21(13-15)29-22-14-16(26-4-2)10-12-20(22)23(19)17-7-5-6-8-18(17)24(27)28/h5-14,25H,3-4H2,1-2H3,(H,27,28)/i11D,12D. The van der Waals surface area contributed by atoms with Gasteiger partial charge in [-0.05, 0) is 49.7 Å². The van der Waals surface area contributed by atoms with Gasteiger partial charge in [0.25, 0.3) is 0 Å². The number of nitrogens with one attached hydrogen (secondary N) is 1. The van der Waals surface area contributed by atoms with Crippen LogP contribution in [0.15, 0.2) is 70.0 Å². The molecule has 1 aliphatic heterocycles. The molecule has 0 amide bonds. The van der Waals surface area contributed by atoms with E-state index in [9.17, 15) is 9.90 Å². The highest BCUT2D eigenvalue weighted by Crippen LogP contribution is 2.41. The monoisotopic (exact) mass is 388 g/mol. The van der Waals surface area contributed by atoms with Crippen LogP contribution in [-0.4, -0.2) is 24.2 Å². The number of nitrogens with zero attached hydrogens (tertiary/aromatic N) is 1. The molecule has 0 radical (unpaired) electrons. The molecule has 2 aromatic rings. The van der Waals surface area contributed by atoms with E-state index < -0.39 is 5.97 Å². The van der Waals surface area contributed by atoms with Gasteiger partial charge < -0.3 is 14.8 Å². The van der Waals surface area contributed by atoms with Gasteiger partial charge in [-0.15, -0.1) is 0 Å². The van der Waals surface area contributed by atoms with Gasteiger partial charge in [0.1, 0.15) is 11.3 Å². The average molecular weight is 388 g/mol. The van der Waals surface area contributed by atoms with Crippen LogP contribution in [0.1, 0.15) is 26.9 Å². The van der Waals surface area contributed by atoms with E-state index >= 15 is 0 Å². The van der Waals surface area contributed by atoms with Crippen LogP contribution in [0.25, 0.3) is 33.4 Å². The zero-order valence-electron chi connectivity index (χ0n) is 18.2. The Morgan fingerprint density at radius 3 is 2.72 bits per heavy atom. The second-order valence-electron chi connectivity index (χ2n) is 6.56. The molecule has 146 valence electrons. The predicted octanol–water partition coefficient (Wildman–Crippen LogP) is 5.26. The molecular formula is C24H22N2O3. The summed E-state index contributed by atoms with van der Waals surface area (Å²) in [5.41, 5.74) is 2.70. The smallest absolute Gasteiger partial charge is 0.336 e. The Hall–Kier alpha value is -3.60. The maximum absolute atomic E-state index is 12.0. The summed E-state index contributed by atoms with van der Waals surface area (Å²) in [5.74, 6) is -0.645. The van der Waals surface area contributed by atoms with Crippen molar-refractivity contribution in [2.75, 3.05) is 18.4 Å². The predicted molar refractivity (Wildman–Crippen MR) is 115 cm³/mol. The number of anilines is 1. The lowest BCUT2D eigenvalue weighted by atomic mass is 9.90. The van der Waals surface area contributed by atoms with Crippen LogP contribution in [0.2, 0.25) is 0 Å². The molecule has 4 rings (SSSR count). The van der Waals surface area contributed by atoms with Crippen molar-refractivity contribution in [3.05, 3.63) is 71.5 Å². The molecule has 2 aromatic carbocycles. The number of hydrogen-bond donors (Lipinski definition) is 2. The van der Waals surface area contributed by atoms with E-state index in [4.69, 9.17) is 7.16 Å². The Kier molecular flexibility index (Phi) is 4.40. The fourth-order valence-electron chi connectivity index (χ4n) is 3.47. The summed E-state index contributed by atoms with van der Waals surface area (Å²) in [6.07, 6.45) is 0.